The number of carbonyl (C=O) groups is 1. The lowest BCUT2D eigenvalue weighted by Crippen LogP contribution is -2.26. The molecule has 0 aliphatic heterocycles. The molecule has 0 aliphatic carbocycles. The number of aromatic nitrogens is 2. The molecule has 0 aliphatic rings. The van der Waals surface area contributed by atoms with E-state index in [-0.39, 0.29) is 11.3 Å². The fourth-order valence-corrected chi connectivity index (χ4v) is 2.60. The topological polar surface area (TPSA) is 78.3 Å². The highest BCUT2D eigenvalue weighted by Gasteiger charge is 2.15. The molecule has 2 aromatic rings. The third-order valence-electron chi connectivity index (χ3n) is 3.77. The number of aryl methyl sites for hydroxylation is 1. The molecule has 0 amide bonds. The number of imidazole rings is 1. The smallest absolute Gasteiger partial charge is 0.337 e. The first-order valence-corrected chi connectivity index (χ1v) is 7.25. The van der Waals surface area contributed by atoms with Crippen LogP contribution in [-0.2, 0) is 6.54 Å². The zero-order valence-corrected chi connectivity index (χ0v) is 12.4. The Hall–Kier alpha value is -2.08. The molecule has 1 heterocycles. The van der Waals surface area contributed by atoms with Crippen LogP contribution in [0.1, 0.15) is 30.6 Å². The van der Waals surface area contributed by atoms with Gasteiger partial charge in [-0.3, -0.25) is 4.57 Å². The summed E-state index contributed by atoms with van der Waals surface area (Å²) in [6, 6.07) is 4.89. The Morgan fingerprint density at radius 2 is 2.05 bits per heavy atom. The van der Waals surface area contributed by atoms with Crippen molar-refractivity contribution in [3.05, 3.63) is 34.2 Å². The van der Waals surface area contributed by atoms with Crippen molar-refractivity contribution in [2.24, 2.45) is 0 Å². The number of hydrogen-bond acceptors (Lipinski definition) is 3. The van der Waals surface area contributed by atoms with Crippen LogP contribution in [0.4, 0.5) is 0 Å². The molecule has 6 heteroatoms. The van der Waals surface area contributed by atoms with Crippen LogP contribution in [-0.4, -0.2) is 45.2 Å². The predicted octanol–water partition coefficient (Wildman–Crippen LogP) is 1.76. The molecule has 0 saturated carbocycles. The summed E-state index contributed by atoms with van der Waals surface area (Å²) in [6.07, 6.45) is 0.808. The van der Waals surface area contributed by atoms with Crippen molar-refractivity contribution in [2.45, 2.75) is 26.8 Å². The Morgan fingerprint density at radius 1 is 1.33 bits per heavy atom. The second kappa shape index (κ2) is 6.58. The fourth-order valence-electron chi connectivity index (χ4n) is 2.60. The number of carboxylic acid groups (broad SMARTS) is 1. The zero-order valence-electron chi connectivity index (χ0n) is 12.4. The summed E-state index contributed by atoms with van der Waals surface area (Å²) < 4.78 is 1.53. The van der Waals surface area contributed by atoms with E-state index in [1.807, 2.05) is 0 Å². The predicted molar refractivity (Wildman–Crippen MR) is 81.9 cm³/mol. The van der Waals surface area contributed by atoms with E-state index in [1.54, 1.807) is 12.1 Å². The average Bonchev–Trinajstić information content (AvgIpc) is 2.79. The molecule has 114 valence electrons. The molecule has 0 fully saturated rings. The largest absolute Gasteiger partial charge is 0.478 e. The zero-order chi connectivity index (χ0) is 15.4. The van der Waals surface area contributed by atoms with Crippen molar-refractivity contribution in [3.63, 3.8) is 0 Å². The lowest BCUT2D eigenvalue weighted by atomic mass is 10.2. The number of para-hydroxylation sites is 1. The first-order chi connectivity index (χ1) is 10.1. The van der Waals surface area contributed by atoms with Crippen molar-refractivity contribution in [3.8, 4) is 0 Å². The molecule has 0 saturated heterocycles. The van der Waals surface area contributed by atoms with Gasteiger partial charge in [0.05, 0.1) is 16.6 Å². The highest BCUT2D eigenvalue weighted by Crippen LogP contribution is 2.16. The van der Waals surface area contributed by atoms with E-state index in [1.165, 1.54) is 10.6 Å². The number of fused-ring (bicyclic) bond motifs is 1. The number of nitrogens with zero attached hydrogens (tertiary/aromatic N) is 2. The van der Waals surface area contributed by atoms with Gasteiger partial charge in [0.1, 0.15) is 0 Å². The molecular weight excluding hydrogens is 270 g/mol. The molecule has 0 bridgehead atoms. The first kappa shape index (κ1) is 15.3. The maximum atomic E-state index is 12.0. The Balaban J connectivity index is 2.29. The molecule has 6 nitrogen and oxygen atoms in total. The number of nitrogens with one attached hydrogen (secondary N) is 1. The van der Waals surface area contributed by atoms with Crippen LogP contribution >= 0.6 is 0 Å². The van der Waals surface area contributed by atoms with Gasteiger partial charge in [0, 0.05) is 6.54 Å². The van der Waals surface area contributed by atoms with Crippen LogP contribution in [0.3, 0.4) is 0 Å². The van der Waals surface area contributed by atoms with Gasteiger partial charge in [-0.15, -0.1) is 0 Å². The number of benzene rings is 1. The molecule has 2 N–H and O–H groups in total. The van der Waals surface area contributed by atoms with Gasteiger partial charge < -0.3 is 15.0 Å². The second-order valence-corrected chi connectivity index (χ2v) is 4.97. The van der Waals surface area contributed by atoms with Crippen LogP contribution < -0.4 is 5.69 Å². The molecular formula is C15H21N3O3. The van der Waals surface area contributed by atoms with Crippen molar-refractivity contribution >= 4 is 17.0 Å². The van der Waals surface area contributed by atoms with Crippen LogP contribution in [0.15, 0.2) is 23.0 Å². The molecule has 0 unspecified atom stereocenters. The van der Waals surface area contributed by atoms with E-state index in [4.69, 9.17) is 0 Å². The number of hydrogen-bond donors (Lipinski definition) is 2. The van der Waals surface area contributed by atoms with Crippen LogP contribution in [0, 0.1) is 0 Å². The Kier molecular flexibility index (Phi) is 4.80. The van der Waals surface area contributed by atoms with Gasteiger partial charge in [-0.1, -0.05) is 19.9 Å². The van der Waals surface area contributed by atoms with Crippen molar-refractivity contribution < 1.29 is 9.90 Å². The van der Waals surface area contributed by atoms with Gasteiger partial charge in [0.2, 0.25) is 0 Å². The van der Waals surface area contributed by atoms with Crippen molar-refractivity contribution in [2.75, 3.05) is 19.6 Å². The standard InChI is InChI=1S/C15H21N3O3/c1-3-17(4-2)9-6-10-18-13-11(14(19)20)7-5-8-12(13)16-15(18)21/h5,7-8H,3-4,6,9-10H2,1-2H3,(H,16,21)(H,19,20). The van der Waals surface area contributed by atoms with Crippen molar-refractivity contribution in [1.82, 2.24) is 14.5 Å². The number of rotatable bonds is 7. The molecule has 1 aromatic carbocycles. The average molecular weight is 291 g/mol. The molecule has 21 heavy (non-hydrogen) atoms. The van der Waals surface area contributed by atoms with Crippen molar-refractivity contribution in [1.29, 1.82) is 0 Å². The molecule has 0 spiro atoms. The molecule has 0 radical (unpaired) electrons. The van der Waals surface area contributed by atoms with Gasteiger partial charge in [-0.2, -0.15) is 0 Å². The Bertz CT molecular complexity index is 683. The monoisotopic (exact) mass is 291 g/mol. The van der Waals surface area contributed by atoms with Gasteiger partial charge in [-0.05, 0) is 38.2 Å². The summed E-state index contributed by atoms with van der Waals surface area (Å²) in [6.45, 7) is 7.55. The minimum Gasteiger partial charge on any atom is -0.478 e. The van der Waals surface area contributed by atoms with Gasteiger partial charge in [0.15, 0.2) is 0 Å². The highest BCUT2D eigenvalue weighted by atomic mass is 16.4. The molecule has 0 atom stereocenters. The minimum atomic E-state index is -1.02. The third-order valence-corrected chi connectivity index (χ3v) is 3.77. The minimum absolute atomic E-state index is 0.161. The summed E-state index contributed by atoms with van der Waals surface area (Å²) in [5.41, 5.74) is 0.962. The number of aromatic carboxylic acids is 1. The Labute approximate surface area is 123 Å². The van der Waals surface area contributed by atoms with E-state index in [9.17, 15) is 14.7 Å². The molecule has 2 rings (SSSR count). The van der Waals surface area contributed by atoms with E-state index >= 15 is 0 Å². The lowest BCUT2D eigenvalue weighted by Gasteiger charge is -2.17. The normalized spacial score (nSPS) is 11.4. The maximum Gasteiger partial charge on any atom is 0.337 e. The van der Waals surface area contributed by atoms with Crippen LogP contribution in [0.5, 0.6) is 0 Å². The molecule has 1 aromatic heterocycles. The van der Waals surface area contributed by atoms with E-state index in [2.05, 4.69) is 23.7 Å². The SMILES string of the molecule is CCN(CC)CCCn1c(=O)[nH]c2cccc(C(=O)O)c21. The summed E-state index contributed by atoms with van der Waals surface area (Å²) >= 11 is 0. The number of aromatic amines is 1. The van der Waals surface area contributed by atoms with E-state index in [0.717, 1.165) is 26.1 Å². The highest BCUT2D eigenvalue weighted by molar-refractivity contribution is 6.01. The van der Waals surface area contributed by atoms with Gasteiger partial charge in [0.25, 0.3) is 0 Å². The number of carboxylic acids is 1. The summed E-state index contributed by atoms with van der Waals surface area (Å²) in [5.74, 6) is -1.02. The van der Waals surface area contributed by atoms with E-state index < -0.39 is 5.97 Å². The second-order valence-electron chi connectivity index (χ2n) is 4.97. The third kappa shape index (κ3) is 3.16. The quantitative estimate of drug-likeness (QED) is 0.815. The van der Waals surface area contributed by atoms with Crippen LogP contribution in [0.25, 0.3) is 11.0 Å². The van der Waals surface area contributed by atoms with E-state index in [0.29, 0.717) is 17.6 Å². The fraction of sp³-hybridized carbons (Fsp3) is 0.467. The first-order valence-electron chi connectivity index (χ1n) is 7.25. The summed E-state index contributed by atoms with van der Waals surface area (Å²) in [4.78, 5) is 28.3. The maximum absolute atomic E-state index is 12.0. The number of H-pyrrole nitrogens is 1. The van der Waals surface area contributed by atoms with Crippen LogP contribution in [0.2, 0.25) is 0 Å². The van der Waals surface area contributed by atoms with Gasteiger partial charge >= 0.3 is 11.7 Å². The summed E-state index contributed by atoms with van der Waals surface area (Å²) in [7, 11) is 0. The Morgan fingerprint density at radius 3 is 2.67 bits per heavy atom. The lowest BCUT2D eigenvalue weighted by molar-refractivity contribution is 0.0698. The summed E-state index contributed by atoms with van der Waals surface area (Å²) in [5, 5.41) is 9.27. The van der Waals surface area contributed by atoms with Gasteiger partial charge in [-0.25, -0.2) is 9.59 Å².